The van der Waals surface area contributed by atoms with E-state index < -0.39 is 11.5 Å². The van der Waals surface area contributed by atoms with E-state index in [9.17, 15) is 14.0 Å². The molecule has 5 nitrogen and oxygen atoms in total. The van der Waals surface area contributed by atoms with E-state index in [0.29, 0.717) is 12.2 Å². The number of aromatic nitrogens is 2. The molecular weight excluding hydrogens is 263 g/mol. The van der Waals surface area contributed by atoms with Gasteiger partial charge < -0.3 is 9.72 Å². The van der Waals surface area contributed by atoms with Crippen LogP contribution in [-0.2, 0) is 11.2 Å². The maximum absolute atomic E-state index is 12.8. The molecule has 2 aromatic rings. The molecule has 6 heteroatoms. The van der Waals surface area contributed by atoms with E-state index in [4.69, 9.17) is 4.74 Å². The van der Waals surface area contributed by atoms with Crippen LogP contribution < -0.4 is 5.56 Å². The molecule has 0 saturated carbocycles. The molecular formula is C14H13FN2O3. The fourth-order valence-corrected chi connectivity index (χ4v) is 1.67. The molecule has 104 valence electrons. The first-order valence-corrected chi connectivity index (χ1v) is 6.10. The molecule has 1 aromatic carbocycles. The Morgan fingerprint density at radius 1 is 1.35 bits per heavy atom. The van der Waals surface area contributed by atoms with E-state index >= 15 is 0 Å². The molecule has 0 unspecified atom stereocenters. The van der Waals surface area contributed by atoms with E-state index in [-0.39, 0.29) is 18.0 Å². The molecule has 1 aromatic heterocycles. The summed E-state index contributed by atoms with van der Waals surface area (Å²) in [5.74, 6) is -0.628. The maximum atomic E-state index is 12.8. The zero-order chi connectivity index (χ0) is 14.5. The average molecular weight is 276 g/mol. The SMILES string of the molecule is CCOC(=O)c1cnc(Cc2ccc(F)cc2)[nH]c1=O. The van der Waals surface area contributed by atoms with Crippen LogP contribution in [0.25, 0.3) is 0 Å². The minimum Gasteiger partial charge on any atom is -0.462 e. The molecule has 0 saturated heterocycles. The number of hydrogen-bond acceptors (Lipinski definition) is 4. The van der Waals surface area contributed by atoms with Crippen LogP contribution in [0.5, 0.6) is 0 Å². The van der Waals surface area contributed by atoms with Crippen molar-refractivity contribution in [3.8, 4) is 0 Å². The summed E-state index contributed by atoms with van der Waals surface area (Å²) in [5, 5.41) is 0. The number of hydrogen-bond donors (Lipinski definition) is 1. The Bertz CT molecular complexity index is 665. The summed E-state index contributed by atoms with van der Waals surface area (Å²) in [6.07, 6.45) is 1.54. The van der Waals surface area contributed by atoms with Crippen molar-refractivity contribution in [2.24, 2.45) is 0 Å². The predicted octanol–water partition coefficient (Wildman–Crippen LogP) is 1.68. The molecule has 2 rings (SSSR count). The van der Waals surface area contributed by atoms with Crippen LogP contribution >= 0.6 is 0 Å². The number of aromatic amines is 1. The fraction of sp³-hybridized carbons (Fsp3) is 0.214. The maximum Gasteiger partial charge on any atom is 0.345 e. The average Bonchev–Trinajstić information content (AvgIpc) is 2.42. The third-order valence-electron chi connectivity index (χ3n) is 2.63. The molecule has 0 aliphatic rings. The van der Waals surface area contributed by atoms with E-state index in [1.807, 2.05) is 0 Å². The van der Waals surface area contributed by atoms with E-state index in [1.165, 1.54) is 18.3 Å². The number of halogens is 1. The Morgan fingerprint density at radius 2 is 2.05 bits per heavy atom. The van der Waals surface area contributed by atoms with Crippen molar-refractivity contribution in [3.63, 3.8) is 0 Å². The Labute approximate surface area is 114 Å². The molecule has 0 atom stereocenters. The number of H-pyrrole nitrogens is 1. The number of nitrogens with zero attached hydrogens (tertiary/aromatic N) is 1. The molecule has 0 radical (unpaired) electrons. The third-order valence-corrected chi connectivity index (χ3v) is 2.63. The van der Waals surface area contributed by atoms with Crippen molar-refractivity contribution in [2.45, 2.75) is 13.3 Å². The Balaban J connectivity index is 2.19. The minimum atomic E-state index is -0.699. The number of rotatable bonds is 4. The van der Waals surface area contributed by atoms with Gasteiger partial charge >= 0.3 is 5.97 Å². The highest BCUT2D eigenvalue weighted by atomic mass is 19.1. The van der Waals surface area contributed by atoms with Crippen LogP contribution in [0.4, 0.5) is 4.39 Å². The molecule has 0 fully saturated rings. The van der Waals surface area contributed by atoms with Gasteiger partial charge in [-0.25, -0.2) is 14.2 Å². The van der Waals surface area contributed by atoms with Gasteiger partial charge in [0.15, 0.2) is 0 Å². The number of benzene rings is 1. The lowest BCUT2D eigenvalue weighted by Gasteiger charge is -2.03. The summed E-state index contributed by atoms with van der Waals surface area (Å²) in [6, 6.07) is 5.88. The molecule has 0 aliphatic carbocycles. The minimum absolute atomic E-state index is 0.130. The number of carbonyl (C=O) groups is 1. The van der Waals surface area contributed by atoms with Gasteiger partial charge in [0.25, 0.3) is 5.56 Å². The van der Waals surface area contributed by atoms with Crippen molar-refractivity contribution in [1.29, 1.82) is 0 Å². The number of carbonyl (C=O) groups excluding carboxylic acids is 1. The lowest BCUT2D eigenvalue weighted by atomic mass is 10.1. The zero-order valence-corrected chi connectivity index (χ0v) is 10.9. The summed E-state index contributed by atoms with van der Waals surface area (Å²) in [6.45, 7) is 1.85. The first-order chi connectivity index (χ1) is 9.60. The normalized spacial score (nSPS) is 10.3. The molecule has 20 heavy (non-hydrogen) atoms. The molecule has 1 N–H and O–H groups in total. The van der Waals surface area contributed by atoms with Crippen molar-refractivity contribution in [2.75, 3.05) is 6.61 Å². The topological polar surface area (TPSA) is 72.0 Å². The molecule has 0 bridgehead atoms. The Kier molecular flexibility index (Phi) is 4.24. The monoisotopic (exact) mass is 276 g/mol. The lowest BCUT2D eigenvalue weighted by molar-refractivity contribution is 0.0523. The zero-order valence-electron chi connectivity index (χ0n) is 10.9. The van der Waals surface area contributed by atoms with Crippen LogP contribution in [0.15, 0.2) is 35.3 Å². The van der Waals surface area contributed by atoms with Gasteiger partial charge in [-0.3, -0.25) is 4.79 Å². The second kappa shape index (κ2) is 6.10. The van der Waals surface area contributed by atoms with Crippen LogP contribution in [0, 0.1) is 5.82 Å². The van der Waals surface area contributed by atoms with E-state index in [1.54, 1.807) is 19.1 Å². The first-order valence-electron chi connectivity index (χ1n) is 6.10. The summed E-state index contributed by atoms with van der Waals surface area (Å²) in [5.41, 5.74) is 0.128. The number of nitrogens with one attached hydrogen (secondary N) is 1. The predicted molar refractivity (Wildman–Crippen MR) is 70.0 cm³/mol. The van der Waals surface area contributed by atoms with Crippen molar-refractivity contribution < 1.29 is 13.9 Å². The quantitative estimate of drug-likeness (QED) is 0.862. The van der Waals surface area contributed by atoms with Gasteiger partial charge in [-0.1, -0.05) is 12.1 Å². The summed E-state index contributed by atoms with van der Waals surface area (Å²) in [7, 11) is 0. The van der Waals surface area contributed by atoms with Crippen molar-refractivity contribution in [1.82, 2.24) is 9.97 Å². The highest BCUT2D eigenvalue weighted by molar-refractivity contribution is 5.88. The van der Waals surface area contributed by atoms with Crippen LogP contribution in [0.3, 0.4) is 0 Å². The van der Waals surface area contributed by atoms with Crippen LogP contribution in [0.1, 0.15) is 28.7 Å². The largest absolute Gasteiger partial charge is 0.462 e. The summed E-state index contributed by atoms with van der Waals surface area (Å²) in [4.78, 5) is 29.7. The highest BCUT2D eigenvalue weighted by Gasteiger charge is 2.12. The van der Waals surface area contributed by atoms with Crippen molar-refractivity contribution >= 4 is 5.97 Å². The third kappa shape index (κ3) is 3.28. The molecule has 0 amide bonds. The van der Waals surface area contributed by atoms with E-state index in [0.717, 1.165) is 5.56 Å². The number of esters is 1. The second-order valence-electron chi connectivity index (χ2n) is 4.10. The van der Waals surface area contributed by atoms with Crippen LogP contribution in [-0.4, -0.2) is 22.5 Å². The Morgan fingerprint density at radius 3 is 2.65 bits per heavy atom. The van der Waals surface area contributed by atoms with Crippen LogP contribution in [0.2, 0.25) is 0 Å². The van der Waals surface area contributed by atoms with Gasteiger partial charge in [-0.05, 0) is 24.6 Å². The Hall–Kier alpha value is -2.50. The van der Waals surface area contributed by atoms with Gasteiger partial charge in [0, 0.05) is 12.6 Å². The van der Waals surface area contributed by atoms with E-state index in [2.05, 4.69) is 9.97 Å². The van der Waals surface area contributed by atoms with Gasteiger partial charge in [-0.2, -0.15) is 0 Å². The lowest BCUT2D eigenvalue weighted by Crippen LogP contribution is -2.22. The summed E-state index contributed by atoms with van der Waals surface area (Å²) >= 11 is 0. The molecule has 0 aliphatic heterocycles. The van der Waals surface area contributed by atoms with Crippen molar-refractivity contribution in [3.05, 3.63) is 63.6 Å². The summed E-state index contributed by atoms with van der Waals surface area (Å²) < 4.78 is 17.5. The van der Waals surface area contributed by atoms with Gasteiger partial charge in [0.2, 0.25) is 0 Å². The second-order valence-corrected chi connectivity index (χ2v) is 4.10. The fourth-order valence-electron chi connectivity index (χ4n) is 1.67. The highest BCUT2D eigenvalue weighted by Crippen LogP contribution is 2.06. The standard InChI is InChI=1S/C14H13FN2O3/c1-2-20-14(19)11-8-16-12(17-13(11)18)7-9-3-5-10(15)6-4-9/h3-6,8H,2,7H2,1H3,(H,16,17,18). The van der Waals surface area contributed by atoms with Gasteiger partial charge in [0.1, 0.15) is 17.2 Å². The van der Waals surface area contributed by atoms with Gasteiger partial charge in [0.05, 0.1) is 6.61 Å². The number of ether oxygens (including phenoxy) is 1. The molecule has 0 spiro atoms. The first kappa shape index (κ1) is 13.9. The van der Waals surface area contributed by atoms with Gasteiger partial charge in [-0.15, -0.1) is 0 Å². The molecule has 1 heterocycles. The smallest absolute Gasteiger partial charge is 0.345 e.